The van der Waals surface area contributed by atoms with Crippen molar-refractivity contribution >= 4 is 29.3 Å². The van der Waals surface area contributed by atoms with E-state index in [0.717, 1.165) is 16.9 Å². The first-order valence-electron chi connectivity index (χ1n) is 8.08. The zero-order valence-corrected chi connectivity index (χ0v) is 16.5. The molecule has 1 aromatic carbocycles. The van der Waals surface area contributed by atoms with Crippen LogP contribution in [0.25, 0.3) is 5.69 Å². The number of carbonyl (C=O) groups excluding carboxylic acids is 1. The van der Waals surface area contributed by atoms with Crippen molar-refractivity contribution in [3.8, 4) is 5.69 Å². The lowest BCUT2D eigenvalue weighted by atomic mass is 10.1. The lowest BCUT2D eigenvalue weighted by Crippen LogP contribution is -2.28. The number of halogens is 2. The van der Waals surface area contributed by atoms with Crippen molar-refractivity contribution in [1.29, 1.82) is 0 Å². The van der Waals surface area contributed by atoms with E-state index in [1.165, 1.54) is 30.1 Å². The van der Waals surface area contributed by atoms with Crippen molar-refractivity contribution in [2.24, 2.45) is 0 Å². The minimum Gasteiger partial charge on any atom is -0.344 e. The Bertz CT molecular complexity index is 976. The zero-order valence-electron chi connectivity index (χ0n) is 14.9. The third-order valence-electron chi connectivity index (χ3n) is 4.05. The lowest BCUT2D eigenvalue weighted by Gasteiger charge is -2.14. The van der Waals surface area contributed by atoms with Gasteiger partial charge in [0, 0.05) is 11.3 Å². The van der Waals surface area contributed by atoms with Crippen LogP contribution in [0.4, 0.5) is 4.39 Å². The van der Waals surface area contributed by atoms with Crippen molar-refractivity contribution in [1.82, 2.24) is 25.1 Å². The molecule has 0 aliphatic heterocycles. The van der Waals surface area contributed by atoms with Gasteiger partial charge in [-0.15, -0.1) is 0 Å². The molecule has 3 rings (SSSR count). The summed E-state index contributed by atoms with van der Waals surface area (Å²) in [5, 5.41) is 7.89. The molecule has 0 spiro atoms. The maximum Gasteiger partial charge on any atom is 0.272 e. The van der Waals surface area contributed by atoms with Gasteiger partial charge in [-0.2, -0.15) is 5.10 Å². The highest BCUT2D eigenvalue weighted by molar-refractivity contribution is 7.98. The van der Waals surface area contributed by atoms with Crippen LogP contribution in [0.15, 0.2) is 41.8 Å². The van der Waals surface area contributed by atoms with Gasteiger partial charge in [0.15, 0.2) is 10.9 Å². The molecule has 0 radical (unpaired) electrons. The van der Waals surface area contributed by atoms with Crippen molar-refractivity contribution in [2.75, 3.05) is 6.26 Å². The van der Waals surface area contributed by atoms with Gasteiger partial charge in [0.2, 0.25) is 0 Å². The molecule has 0 saturated carbocycles. The number of aromatic nitrogens is 4. The van der Waals surface area contributed by atoms with Crippen LogP contribution in [-0.4, -0.2) is 31.9 Å². The highest BCUT2D eigenvalue weighted by atomic mass is 35.5. The largest absolute Gasteiger partial charge is 0.344 e. The van der Waals surface area contributed by atoms with Crippen LogP contribution in [0.3, 0.4) is 0 Å². The molecule has 0 fully saturated rings. The van der Waals surface area contributed by atoms with Gasteiger partial charge in [0.1, 0.15) is 5.82 Å². The van der Waals surface area contributed by atoms with Crippen LogP contribution < -0.4 is 5.32 Å². The number of nitrogens with zero attached hydrogens (tertiary/aromatic N) is 4. The number of hydrogen-bond acceptors (Lipinski definition) is 5. The summed E-state index contributed by atoms with van der Waals surface area (Å²) in [5.74, 6) is -0.699. The van der Waals surface area contributed by atoms with Crippen molar-refractivity contribution in [2.45, 2.75) is 25.0 Å². The summed E-state index contributed by atoms with van der Waals surface area (Å²) < 4.78 is 14.8. The summed E-state index contributed by atoms with van der Waals surface area (Å²) in [4.78, 5) is 20.8. The summed E-state index contributed by atoms with van der Waals surface area (Å²) in [6.45, 7) is 3.74. The highest BCUT2D eigenvalue weighted by Crippen LogP contribution is 2.22. The molecule has 1 N–H and O–H groups in total. The Morgan fingerprint density at radius 3 is 2.67 bits per heavy atom. The van der Waals surface area contributed by atoms with Crippen LogP contribution in [0.1, 0.15) is 34.7 Å². The second kappa shape index (κ2) is 8.06. The Kier molecular flexibility index (Phi) is 5.76. The van der Waals surface area contributed by atoms with Crippen LogP contribution in [0, 0.1) is 12.7 Å². The van der Waals surface area contributed by atoms with E-state index in [1.807, 2.05) is 20.1 Å². The molecule has 0 aliphatic carbocycles. The first-order chi connectivity index (χ1) is 12.9. The molecule has 1 amide bonds. The summed E-state index contributed by atoms with van der Waals surface area (Å²) in [5.41, 5.74) is 2.55. The third kappa shape index (κ3) is 4.12. The Hall–Kier alpha value is -2.45. The molecule has 1 atom stereocenters. The van der Waals surface area contributed by atoms with Gasteiger partial charge in [-0.05, 0) is 44.4 Å². The number of amides is 1. The monoisotopic (exact) mass is 405 g/mol. The number of thioether (sulfide) groups is 1. The van der Waals surface area contributed by atoms with E-state index < -0.39 is 0 Å². The predicted octanol–water partition coefficient (Wildman–Crippen LogP) is 3.98. The van der Waals surface area contributed by atoms with Gasteiger partial charge >= 0.3 is 0 Å². The summed E-state index contributed by atoms with van der Waals surface area (Å²) in [6, 6.07) is 5.72. The summed E-state index contributed by atoms with van der Waals surface area (Å²) >= 11 is 7.39. The van der Waals surface area contributed by atoms with E-state index in [0.29, 0.717) is 5.16 Å². The van der Waals surface area contributed by atoms with E-state index in [2.05, 4.69) is 20.4 Å². The highest BCUT2D eigenvalue weighted by Gasteiger charge is 2.20. The average molecular weight is 406 g/mol. The van der Waals surface area contributed by atoms with Gasteiger partial charge in [0.25, 0.3) is 5.91 Å². The quantitative estimate of drug-likeness (QED) is 0.513. The molecule has 0 bridgehead atoms. The smallest absolute Gasteiger partial charge is 0.272 e. The number of carbonyl (C=O) groups is 1. The zero-order chi connectivity index (χ0) is 19.6. The van der Waals surface area contributed by atoms with E-state index in [1.54, 1.807) is 23.0 Å². The van der Waals surface area contributed by atoms with Gasteiger partial charge in [0.05, 0.1) is 29.1 Å². The van der Waals surface area contributed by atoms with E-state index in [9.17, 15) is 9.18 Å². The normalized spacial score (nSPS) is 12.0. The number of hydrogen-bond donors (Lipinski definition) is 1. The standard InChI is InChI=1S/C18H17ClFN5OS/c1-10(23-17(26)16-15(19)9-21-18(24-16)27-3)14-8-22-25(11(14)2)13-6-4-12(20)5-7-13/h4-10H,1-3H3,(H,23,26). The molecule has 140 valence electrons. The molecule has 6 nitrogen and oxygen atoms in total. The fourth-order valence-electron chi connectivity index (χ4n) is 2.64. The lowest BCUT2D eigenvalue weighted by molar-refractivity contribution is 0.0934. The van der Waals surface area contributed by atoms with Crippen LogP contribution in [0.2, 0.25) is 5.02 Å². The predicted molar refractivity (Wildman–Crippen MR) is 103 cm³/mol. The van der Waals surface area contributed by atoms with Gasteiger partial charge < -0.3 is 5.32 Å². The molecule has 2 heterocycles. The van der Waals surface area contributed by atoms with Crippen molar-refractivity contribution < 1.29 is 9.18 Å². The first-order valence-corrected chi connectivity index (χ1v) is 9.69. The Morgan fingerprint density at radius 1 is 1.30 bits per heavy atom. The SMILES string of the molecule is CSc1ncc(Cl)c(C(=O)NC(C)c2cnn(-c3ccc(F)cc3)c2C)n1. The molecule has 3 aromatic rings. The molecular weight excluding hydrogens is 389 g/mol. The number of rotatable bonds is 5. The van der Waals surface area contributed by atoms with Crippen LogP contribution in [-0.2, 0) is 0 Å². The summed E-state index contributed by atoms with van der Waals surface area (Å²) in [6.07, 6.45) is 4.91. The molecular formula is C18H17ClFN5OS. The maximum atomic E-state index is 13.1. The third-order valence-corrected chi connectivity index (χ3v) is 4.89. The Balaban J connectivity index is 1.82. The topological polar surface area (TPSA) is 72.7 Å². The van der Waals surface area contributed by atoms with E-state index in [4.69, 9.17) is 11.6 Å². The number of benzene rings is 1. The second-order valence-corrected chi connectivity index (χ2v) is 7.00. The molecule has 0 aliphatic rings. The molecule has 9 heteroatoms. The van der Waals surface area contributed by atoms with Gasteiger partial charge in [-0.1, -0.05) is 23.4 Å². The van der Waals surface area contributed by atoms with E-state index >= 15 is 0 Å². The minimum atomic E-state index is -0.390. The van der Waals surface area contributed by atoms with Gasteiger partial charge in [-0.3, -0.25) is 4.79 Å². The van der Waals surface area contributed by atoms with Gasteiger partial charge in [-0.25, -0.2) is 19.0 Å². The van der Waals surface area contributed by atoms with Crippen molar-refractivity contribution in [3.63, 3.8) is 0 Å². The molecule has 0 saturated heterocycles. The first kappa shape index (κ1) is 19.3. The Labute approximate surface area is 165 Å². The fourth-order valence-corrected chi connectivity index (χ4v) is 3.16. The van der Waals surface area contributed by atoms with Crippen LogP contribution in [0.5, 0.6) is 0 Å². The average Bonchev–Trinajstić information content (AvgIpc) is 3.04. The van der Waals surface area contributed by atoms with Crippen LogP contribution >= 0.6 is 23.4 Å². The van der Waals surface area contributed by atoms with E-state index in [-0.39, 0.29) is 28.5 Å². The fraction of sp³-hybridized carbons (Fsp3) is 0.222. The number of nitrogens with one attached hydrogen (secondary N) is 1. The summed E-state index contributed by atoms with van der Waals surface area (Å²) in [7, 11) is 0. The maximum absolute atomic E-state index is 13.1. The van der Waals surface area contributed by atoms with Crippen molar-refractivity contribution in [3.05, 3.63) is 64.5 Å². The molecule has 27 heavy (non-hydrogen) atoms. The Morgan fingerprint density at radius 2 is 2.00 bits per heavy atom. The molecule has 2 aromatic heterocycles. The second-order valence-electron chi connectivity index (χ2n) is 5.82. The minimum absolute atomic E-state index is 0.131. The molecule has 1 unspecified atom stereocenters.